The topological polar surface area (TPSA) is 86.6 Å². The summed E-state index contributed by atoms with van der Waals surface area (Å²) in [6, 6.07) is 8.98. The Morgan fingerprint density at radius 3 is 2.38 bits per heavy atom. The molecule has 5 heteroatoms. The number of carbonyl (C=O) groups is 2. The second-order valence-electron chi connectivity index (χ2n) is 5.65. The Kier molecular flexibility index (Phi) is 4.63. The zero-order valence-corrected chi connectivity index (χ0v) is 12.1. The number of amides is 1. The number of aliphatic carboxylic acids is 1. The van der Waals surface area contributed by atoms with Crippen LogP contribution in [-0.2, 0) is 15.0 Å². The highest BCUT2D eigenvalue weighted by Gasteiger charge is 2.40. The van der Waals surface area contributed by atoms with Gasteiger partial charge >= 0.3 is 5.97 Å². The van der Waals surface area contributed by atoms with Crippen LogP contribution in [0, 0.1) is 5.92 Å². The molecule has 21 heavy (non-hydrogen) atoms. The zero-order valence-electron chi connectivity index (χ0n) is 12.1. The molecular weight excluding hydrogens is 270 g/mol. The second kappa shape index (κ2) is 6.26. The molecule has 0 radical (unpaired) electrons. The molecule has 1 aliphatic rings. The first kappa shape index (κ1) is 15.5. The van der Waals surface area contributed by atoms with E-state index < -0.39 is 17.5 Å². The number of carboxylic acid groups (broad SMARTS) is 1. The summed E-state index contributed by atoms with van der Waals surface area (Å²) in [5.41, 5.74) is -0.423. The van der Waals surface area contributed by atoms with Gasteiger partial charge in [0.2, 0.25) is 5.91 Å². The molecule has 1 unspecified atom stereocenters. The lowest BCUT2D eigenvalue weighted by Crippen LogP contribution is -2.49. The van der Waals surface area contributed by atoms with E-state index in [4.69, 9.17) is 0 Å². The molecule has 3 N–H and O–H groups in total. The highest BCUT2D eigenvalue weighted by atomic mass is 16.4. The van der Waals surface area contributed by atoms with Gasteiger partial charge in [0.1, 0.15) is 5.41 Å². The van der Waals surface area contributed by atoms with Gasteiger partial charge in [-0.25, -0.2) is 0 Å². The molecule has 1 aromatic rings. The first-order chi connectivity index (χ1) is 9.99. The van der Waals surface area contributed by atoms with Crippen molar-refractivity contribution in [3.63, 3.8) is 0 Å². The molecule has 0 spiro atoms. The van der Waals surface area contributed by atoms with Crippen LogP contribution in [0.5, 0.6) is 0 Å². The Hall–Kier alpha value is -1.88. The van der Waals surface area contributed by atoms with Crippen LogP contribution >= 0.6 is 0 Å². The smallest absolute Gasteiger partial charge is 0.315 e. The monoisotopic (exact) mass is 291 g/mol. The van der Waals surface area contributed by atoms with Crippen LogP contribution in [-0.4, -0.2) is 34.7 Å². The van der Waals surface area contributed by atoms with E-state index in [-0.39, 0.29) is 18.4 Å². The van der Waals surface area contributed by atoms with Crippen molar-refractivity contribution in [2.24, 2.45) is 5.92 Å². The Morgan fingerprint density at radius 1 is 1.29 bits per heavy atom. The lowest BCUT2D eigenvalue weighted by Gasteiger charge is -2.33. The molecule has 1 atom stereocenters. The number of aliphatic hydroxyl groups excluding tert-OH is 1. The fraction of sp³-hybridized carbons (Fsp3) is 0.500. The van der Waals surface area contributed by atoms with Crippen LogP contribution in [0.2, 0.25) is 0 Å². The van der Waals surface area contributed by atoms with Gasteiger partial charge in [-0.2, -0.15) is 0 Å². The van der Waals surface area contributed by atoms with Crippen LogP contribution in [0.3, 0.4) is 0 Å². The summed E-state index contributed by atoms with van der Waals surface area (Å²) in [4.78, 5) is 23.8. The molecule has 1 amide bonds. The van der Waals surface area contributed by atoms with Gasteiger partial charge in [0.05, 0.1) is 6.10 Å². The van der Waals surface area contributed by atoms with Crippen LogP contribution < -0.4 is 5.32 Å². The van der Waals surface area contributed by atoms with Gasteiger partial charge < -0.3 is 15.5 Å². The van der Waals surface area contributed by atoms with Crippen LogP contribution in [0.1, 0.15) is 31.7 Å². The van der Waals surface area contributed by atoms with Gasteiger partial charge in [-0.1, -0.05) is 37.3 Å². The number of carbonyl (C=O) groups excluding carboxylic acids is 1. The highest BCUT2D eigenvalue weighted by molar-refractivity contribution is 5.84. The predicted molar refractivity (Wildman–Crippen MR) is 77.8 cm³/mol. The van der Waals surface area contributed by atoms with E-state index in [1.165, 1.54) is 0 Å². The fourth-order valence-electron chi connectivity index (χ4n) is 2.72. The van der Waals surface area contributed by atoms with Crippen molar-refractivity contribution in [2.45, 2.75) is 37.7 Å². The maximum absolute atomic E-state index is 12.0. The van der Waals surface area contributed by atoms with E-state index in [0.29, 0.717) is 24.8 Å². The lowest BCUT2D eigenvalue weighted by atomic mass is 9.77. The molecular formula is C16H21NO4. The maximum atomic E-state index is 12.0. The molecule has 114 valence electrons. The van der Waals surface area contributed by atoms with E-state index in [1.54, 1.807) is 31.2 Å². The van der Waals surface area contributed by atoms with Crippen molar-refractivity contribution < 1.29 is 19.8 Å². The number of nitrogens with one attached hydrogen (secondary N) is 1. The van der Waals surface area contributed by atoms with E-state index in [9.17, 15) is 19.8 Å². The molecule has 1 fully saturated rings. The van der Waals surface area contributed by atoms with Gasteiger partial charge in [0.15, 0.2) is 0 Å². The summed E-state index contributed by atoms with van der Waals surface area (Å²) in [5.74, 6) is -1.31. The normalized spacial score (nSPS) is 23.7. The SMILES string of the molecule is CCC(CNC(=O)C1CC(O)C1)(C(=O)O)c1ccccc1. The standard InChI is InChI=1S/C16H21NO4/c1-2-16(15(20)21,12-6-4-3-5-7-12)10-17-14(19)11-8-13(18)9-11/h3-7,11,13,18H,2,8-10H2,1H3,(H,17,19)(H,20,21). The summed E-state index contributed by atoms with van der Waals surface area (Å²) in [6.07, 6.45) is 0.914. The molecule has 0 aliphatic heterocycles. The molecule has 0 saturated heterocycles. The van der Waals surface area contributed by atoms with Gasteiger partial charge in [0, 0.05) is 12.5 Å². The van der Waals surface area contributed by atoms with Gasteiger partial charge in [-0.15, -0.1) is 0 Å². The molecule has 1 saturated carbocycles. The maximum Gasteiger partial charge on any atom is 0.315 e. The molecule has 5 nitrogen and oxygen atoms in total. The largest absolute Gasteiger partial charge is 0.481 e. The van der Waals surface area contributed by atoms with Crippen molar-refractivity contribution in [3.05, 3.63) is 35.9 Å². The number of benzene rings is 1. The Morgan fingerprint density at radius 2 is 1.90 bits per heavy atom. The third kappa shape index (κ3) is 3.08. The number of rotatable bonds is 6. The summed E-state index contributed by atoms with van der Waals surface area (Å²) in [5, 5.41) is 21.6. The number of aliphatic hydroxyl groups is 1. The summed E-state index contributed by atoms with van der Waals surface area (Å²) < 4.78 is 0. The molecule has 2 rings (SSSR count). The first-order valence-corrected chi connectivity index (χ1v) is 7.24. The number of hydrogen-bond acceptors (Lipinski definition) is 3. The molecule has 1 aromatic carbocycles. The van der Waals surface area contributed by atoms with Crippen molar-refractivity contribution in [3.8, 4) is 0 Å². The first-order valence-electron chi connectivity index (χ1n) is 7.24. The molecule has 0 bridgehead atoms. The van der Waals surface area contributed by atoms with E-state index >= 15 is 0 Å². The van der Waals surface area contributed by atoms with E-state index in [1.807, 2.05) is 6.07 Å². The van der Waals surface area contributed by atoms with Gasteiger partial charge in [0.25, 0.3) is 0 Å². The molecule has 0 heterocycles. The van der Waals surface area contributed by atoms with Crippen molar-refractivity contribution in [1.29, 1.82) is 0 Å². The molecule has 0 aromatic heterocycles. The summed E-state index contributed by atoms with van der Waals surface area (Å²) >= 11 is 0. The minimum Gasteiger partial charge on any atom is -0.481 e. The fourth-order valence-corrected chi connectivity index (χ4v) is 2.72. The third-order valence-corrected chi connectivity index (χ3v) is 4.39. The van der Waals surface area contributed by atoms with Crippen LogP contribution in [0.4, 0.5) is 0 Å². The average molecular weight is 291 g/mol. The minimum absolute atomic E-state index is 0.0638. The van der Waals surface area contributed by atoms with Crippen molar-refractivity contribution in [2.75, 3.05) is 6.54 Å². The molecule has 1 aliphatic carbocycles. The quantitative estimate of drug-likeness (QED) is 0.737. The van der Waals surface area contributed by atoms with Crippen molar-refractivity contribution >= 4 is 11.9 Å². The average Bonchev–Trinajstić information content (AvgIpc) is 2.45. The number of carboxylic acids is 1. The summed E-state index contributed by atoms with van der Waals surface area (Å²) in [7, 11) is 0. The Balaban J connectivity index is 2.10. The van der Waals surface area contributed by atoms with Gasteiger partial charge in [-0.3, -0.25) is 9.59 Å². The summed E-state index contributed by atoms with van der Waals surface area (Å²) in [6.45, 7) is 1.87. The number of hydrogen-bond donors (Lipinski definition) is 3. The zero-order chi connectivity index (χ0) is 15.5. The van der Waals surface area contributed by atoms with Crippen LogP contribution in [0.25, 0.3) is 0 Å². The predicted octanol–water partition coefficient (Wildman–Crippen LogP) is 1.31. The van der Waals surface area contributed by atoms with Crippen LogP contribution in [0.15, 0.2) is 30.3 Å². The highest BCUT2D eigenvalue weighted by Crippen LogP contribution is 2.30. The lowest BCUT2D eigenvalue weighted by molar-refractivity contribution is -0.144. The Bertz CT molecular complexity index is 510. The third-order valence-electron chi connectivity index (χ3n) is 4.39. The second-order valence-corrected chi connectivity index (χ2v) is 5.65. The van der Waals surface area contributed by atoms with Gasteiger partial charge in [-0.05, 0) is 24.8 Å². The minimum atomic E-state index is -1.11. The van der Waals surface area contributed by atoms with Crippen molar-refractivity contribution in [1.82, 2.24) is 5.32 Å². The van der Waals surface area contributed by atoms with E-state index in [0.717, 1.165) is 0 Å². The Labute approximate surface area is 124 Å². The van der Waals surface area contributed by atoms with E-state index in [2.05, 4.69) is 5.32 Å².